The number of ether oxygens (including phenoxy) is 1. The van der Waals surface area contributed by atoms with Crippen LogP contribution in [0.3, 0.4) is 0 Å². The first kappa shape index (κ1) is 28.8. The SMILES string of the molecule is CCCC(OC(=O)N1CCN(C)CC1)n1c(-c2cnn(Cc3cccc(C(F)(F)F)c3)c2)nc2nc(C#N)[nH]c(=O)c21. The molecule has 4 aromatic rings. The number of fused-ring (bicyclic) bond motifs is 1. The fourth-order valence-corrected chi connectivity index (χ4v) is 4.81. The second kappa shape index (κ2) is 11.6. The zero-order valence-corrected chi connectivity index (χ0v) is 22.9. The number of rotatable bonds is 7. The van der Waals surface area contributed by atoms with Gasteiger partial charge in [0.1, 0.15) is 11.9 Å². The largest absolute Gasteiger partial charge is 0.425 e. The fourth-order valence-electron chi connectivity index (χ4n) is 4.81. The summed E-state index contributed by atoms with van der Waals surface area (Å²) in [6.07, 6.45) is -1.99. The van der Waals surface area contributed by atoms with Crippen molar-refractivity contribution in [2.24, 2.45) is 0 Å². The van der Waals surface area contributed by atoms with Gasteiger partial charge in [-0.2, -0.15) is 28.5 Å². The smallest absolute Gasteiger partial charge is 0.416 e. The minimum atomic E-state index is -4.48. The number of carbonyl (C=O) groups is 1. The molecule has 1 fully saturated rings. The van der Waals surface area contributed by atoms with Crippen molar-refractivity contribution in [3.8, 4) is 17.5 Å². The first-order valence-corrected chi connectivity index (χ1v) is 13.3. The highest BCUT2D eigenvalue weighted by molar-refractivity contribution is 5.77. The molecule has 1 N–H and O–H groups in total. The molecule has 0 bridgehead atoms. The molecule has 1 aromatic carbocycles. The van der Waals surface area contributed by atoms with Crippen molar-refractivity contribution in [2.45, 2.75) is 38.7 Å². The second-order valence-electron chi connectivity index (χ2n) is 10.0. The second-order valence-corrected chi connectivity index (χ2v) is 10.0. The van der Waals surface area contributed by atoms with Crippen LogP contribution in [-0.2, 0) is 17.5 Å². The van der Waals surface area contributed by atoms with Crippen molar-refractivity contribution in [1.29, 1.82) is 5.26 Å². The third-order valence-electron chi connectivity index (χ3n) is 6.98. The number of carbonyl (C=O) groups excluding carboxylic acids is 1. The topological polar surface area (TPSA) is 138 Å². The number of likely N-dealkylation sites (N-methyl/N-ethyl adjacent to an activating group) is 1. The summed E-state index contributed by atoms with van der Waals surface area (Å²) in [6, 6.07) is 6.74. The van der Waals surface area contributed by atoms with Crippen LogP contribution in [0.25, 0.3) is 22.6 Å². The van der Waals surface area contributed by atoms with E-state index >= 15 is 0 Å². The highest BCUT2D eigenvalue weighted by Gasteiger charge is 2.31. The van der Waals surface area contributed by atoms with Gasteiger partial charge in [0.05, 0.1) is 23.9 Å². The van der Waals surface area contributed by atoms with Crippen molar-refractivity contribution in [3.05, 3.63) is 64.0 Å². The number of nitrogens with zero attached hydrogens (tertiary/aromatic N) is 8. The number of alkyl halides is 3. The Balaban J connectivity index is 1.54. The molecular formula is C27H28F3N9O3. The average molecular weight is 584 g/mol. The van der Waals surface area contributed by atoms with E-state index in [9.17, 15) is 28.0 Å². The van der Waals surface area contributed by atoms with Gasteiger partial charge in [0.2, 0.25) is 5.82 Å². The zero-order chi connectivity index (χ0) is 30.0. The van der Waals surface area contributed by atoms with E-state index in [1.54, 1.807) is 23.2 Å². The summed E-state index contributed by atoms with van der Waals surface area (Å²) in [4.78, 5) is 41.1. The number of imidazole rings is 1. The van der Waals surface area contributed by atoms with E-state index < -0.39 is 29.6 Å². The quantitative estimate of drug-likeness (QED) is 0.348. The molecule has 4 heterocycles. The normalized spacial score (nSPS) is 15.1. The number of H-pyrrole nitrogens is 1. The van der Waals surface area contributed by atoms with Crippen molar-refractivity contribution < 1.29 is 22.7 Å². The summed E-state index contributed by atoms with van der Waals surface area (Å²) in [6.45, 7) is 4.30. The van der Waals surface area contributed by atoms with Crippen molar-refractivity contribution in [1.82, 2.24) is 39.1 Å². The maximum Gasteiger partial charge on any atom is 0.416 e. The lowest BCUT2D eigenvalue weighted by Crippen LogP contribution is -2.47. The lowest BCUT2D eigenvalue weighted by molar-refractivity contribution is -0.137. The molecule has 0 saturated carbocycles. The Bertz CT molecular complexity index is 1690. The van der Waals surface area contributed by atoms with Gasteiger partial charge in [0.25, 0.3) is 5.56 Å². The average Bonchev–Trinajstić information content (AvgIpc) is 3.57. The van der Waals surface area contributed by atoms with Crippen LogP contribution in [0, 0.1) is 11.3 Å². The van der Waals surface area contributed by atoms with Crippen LogP contribution < -0.4 is 5.56 Å². The number of benzene rings is 1. The van der Waals surface area contributed by atoms with Gasteiger partial charge >= 0.3 is 12.3 Å². The molecule has 15 heteroatoms. The molecule has 42 heavy (non-hydrogen) atoms. The van der Waals surface area contributed by atoms with E-state index in [2.05, 4.69) is 25.0 Å². The van der Waals surface area contributed by atoms with Gasteiger partial charge in [-0.3, -0.25) is 19.0 Å². The molecule has 0 spiro atoms. The molecule has 1 saturated heterocycles. The van der Waals surface area contributed by atoms with Crippen LogP contribution in [0.15, 0.2) is 41.5 Å². The lowest BCUT2D eigenvalue weighted by Gasteiger charge is -2.33. The Labute approximate surface area is 237 Å². The van der Waals surface area contributed by atoms with Crippen LogP contribution in [0.2, 0.25) is 0 Å². The van der Waals surface area contributed by atoms with E-state index in [1.807, 2.05) is 14.0 Å². The van der Waals surface area contributed by atoms with Crippen LogP contribution in [0.4, 0.5) is 18.0 Å². The Morgan fingerprint density at radius 3 is 2.67 bits per heavy atom. The molecule has 1 aliphatic rings. The first-order valence-electron chi connectivity index (χ1n) is 13.3. The van der Waals surface area contributed by atoms with E-state index in [1.165, 1.54) is 21.5 Å². The minimum absolute atomic E-state index is 0.0132. The van der Waals surface area contributed by atoms with Gasteiger partial charge in [-0.1, -0.05) is 25.5 Å². The highest BCUT2D eigenvalue weighted by atomic mass is 19.4. The van der Waals surface area contributed by atoms with Gasteiger partial charge in [0.15, 0.2) is 17.4 Å². The molecule has 1 atom stereocenters. The Hall–Kier alpha value is -4.71. The first-order chi connectivity index (χ1) is 20.1. The number of hydrogen-bond acceptors (Lipinski definition) is 8. The van der Waals surface area contributed by atoms with Crippen LogP contribution in [-0.4, -0.2) is 78.4 Å². The number of aromatic nitrogens is 6. The molecule has 1 amide bonds. The molecule has 220 valence electrons. The number of hydrogen-bond donors (Lipinski definition) is 1. The van der Waals surface area contributed by atoms with Gasteiger partial charge in [-0.15, -0.1) is 0 Å². The Morgan fingerprint density at radius 2 is 1.98 bits per heavy atom. The number of amides is 1. The number of nitriles is 1. The third-order valence-corrected chi connectivity index (χ3v) is 6.98. The molecule has 0 aliphatic carbocycles. The van der Waals surface area contributed by atoms with E-state index in [4.69, 9.17) is 4.74 Å². The van der Waals surface area contributed by atoms with Crippen molar-refractivity contribution in [3.63, 3.8) is 0 Å². The summed E-state index contributed by atoms with van der Waals surface area (Å²) in [7, 11) is 1.97. The number of piperazine rings is 1. The minimum Gasteiger partial charge on any atom is -0.425 e. The number of aromatic amines is 1. The Morgan fingerprint density at radius 1 is 1.21 bits per heavy atom. The highest BCUT2D eigenvalue weighted by Crippen LogP contribution is 2.31. The van der Waals surface area contributed by atoms with Gasteiger partial charge in [-0.05, 0) is 24.7 Å². The van der Waals surface area contributed by atoms with Crippen molar-refractivity contribution in [2.75, 3.05) is 33.2 Å². The molecule has 5 rings (SSSR count). The van der Waals surface area contributed by atoms with Crippen molar-refractivity contribution >= 4 is 17.3 Å². The maximum absolute atomic E-state index is 13.2. The molecule has 12 nitrogen and oxygen atoms in total. The van der Waals surface area contributed by atoms with Crippen LogP contribution in [0.1, 0.15) is 42.9 Å². The van der Waals surface area contributed by atoms with E-state index in [0.717, 1.165) is 12.1 Å². The summed E-state index contributed by atoms with van der Waals surface area (Å²) in [5, 5.41) is 13.6. The summed E-state index contributed by atoms with van der Waals surface area (Å²) >= 11 is 0. The van der Waals surface area contributed by atoms with Crippen LogP contribution >= 0.6 is 0 Å². The fraction of sp³-hybridized carbons (Fsp3) is 0.407. The van der Waals surface area contributed by atoms with E-state index in [-0.39, 0.29) is 29.4 Å². The maximum atomic E-state index is 13.2. The van der Waals surface area contributed by atoms with E-state index in [0.29, 0.717) is 50.1 Å². The zero-order valence-electron chi connectivity index (χ0n) is 22.9. The van der Waals surface area contributed by atoms with Gasteiger partial charge < -0.3 is 14.5 Å². The van der Waals surface area contributed by atoms with Gasteiger partial charge in [-0.25, -0.2) is 9.78 Å². The molecule has 1 unspecified atom stereocenters. The van der Waals surface area contributed by atoms with Crippen LogP contribution in [0.5, 0.6) is 0 Å². The Kier molecular flexibility index (Phi) is 7.99. The predicted molar refractivity (Wildman–Crippen MR) is 144 cm³/mol. The molecular weight excluding hydrogens is 555 g/mol. The summed E-state index contributed by atoms with van der Waals surface area (Å²) in [5.74, 6) is -0.0246. The summed E-state index contributed by atoms with van der Waals surface area (Å²) < 4.78 is 48.5. The monoisotopic (exact) mass is 583 g/mol. The predicted octanol–water partition coefficient (Wildman–Crippen LogP) is 3.60. The van der Waals surface area contributed by atoms with Gasteiger partial charge in [0, 0.05) is 38.8 Å². The number of nitrogens with one attached hydrogen (secondary N) is 1. The number of halogens is 3. The third kappa shape index (κ3) is 5.98. The molecule has 3 aromatic heterocycles. The molecule has 0 radical (unpaired) electrons. The lowest BCUT2D eigenvalue weighted by atomic mass is 10.1. The summed E-state index contributed by atoms with van der Waals surface area (Å²) in [5.41, 5.74) is -0.614. The molecule has 1 aliphatic heterocycles. The standard InChI is InChI=1S/C27H28F3N9O3/c1-3-5-21(42-26(41)37-10-8-36(2)9-11-37)39-22-23(33-20(13-31)34-25(22)40)35-24(39)18-14-32-38(16-18)15-17-6-4-7-19(12-17)27(28,29)30/h4,6-7,12,14,16,21H,3,5,8-11,15H2,1-2H3,(H,33,34,40).